The number of carbonyl (C=O) groups is 3. The van der Waals surface area contributed by atoms with Crippen LogP contribution in [0.1, 0.15) is 23.7 Å². The van der Waals surface area contributed by atoms with Crippen LogP contribution in [-0.4, -0.2) is 62.0 Å². The number of anilines is 2. The standard InChI is InChI=1S/C24H27N3O4/c1-2-31-24(30)19-16-22(28)27(17-19)21-10-8-20(9-11-21)25-12-14-26(15-13-25)23(29)18-6-4-3-5-7-18/h3-11,19H,2,12-17H2,1H3. The van der Waals surface area contributed by atoms with Crippen LogP contribution in [-0.2, 0) is 14.3 Å². The van der Waals surface area contributed by atoms with Crippen LogP contribution in [0.4, 0.5) is 11.4 Å². The summed E-state index contributed by atoms with van der Waals surface area (Å²) >= 11 is 0. The van der Waals surface area contributed by atoms with E-state index in [1.807, 2.05) is 59.5 Å². The van der Waals surface area contributed by atoms with Crippen molar-refractivity contribution in [2.75, 3.05) is 49.1 Å². The molecule has 4 rings (SSSR count). The predicted molar refractivity (Wildman–Crippen MR) is 118 cm³/mol. The summed E-state index contributed by atoms with van der Waals surface area (Å²) in [4.78, 5) is 42.7. The lowest BCUT2D eigenvalue weighted by Gasteiger charge is -2.36. The van der Waals surface area contributed by atoms with Gasteiger partial charge >= 0.3 is 5.97 Å². The van der Waals surface area contributed by atoms with Gasteiger partial charge in [0.05, 0.1) is 12.5 Å². The molecule has 2 fully saturated rings. The molecule has 2 saturated heterocycles. The minimum absolute atomic E-state index is 0.0566. The summed E-state index contributed by atoms with van der Waals surface area (Å²) in [7, 11) is 0. The van der Waals surface area contributed by atoms with Gasteiger partial charge in [-0.1, -0.05) is 18.2 Å². The summed E-state index contributed by atoms with van der Waals surface area (Å²) in [5.74, 6) is -0.696. The molecule has 0 N–H and O–H groups in total. The first-order valence-electron chi connectivity index (χ1n) is 10.7. The van der Waals surface area contributed by atoms with Crippen LogP contribution in [0.2, 0.25) is 0 Å². The van der Waals surface area contributed by atoms with Crippen LogP contribution >= 0.6 is 0 Å². The van der Waals surface area contributed by atoms with E-state index in [1.165, 1.54) is 0 Å². The van der Waals surface area contributed by atoms with E-state index in [0.29, 0.717) is 26.2 Å². The third-order valence-corrected chi connectivity index (χ3v) is 5.86. The molecule has 1 unspecified atom stereocenters. The Morgan fingerprint density at radius 3 is 2.23 bits per heavy atom. The van der Waals surface area contributed by atoms with E-state index < -0.39 is 5.92 Å². The molecule has 1 atom stereocenters. The summed E-state index contributed by atoms with van der Waals surface area (Å²) in [6.07, 6.45) is 0.192. The van der Waals surface area contributed by atoms with Gasteiger partial charge in [0.15, 0.2) is 0 Å². The van der Waals surface area contributed by atoms with Gasteiger partial charge in [0.25, 0.3) is 5.91 Å². The fourth-order valence-electron chi connectivity index (χ4n) is 4.15. The van der Waals surface area contributed by atoms with E-state index in [4.69, 9.17) is 4.74 Å². The lowest BCUT2D eigenvalue weighted by Crippen LogP contribution is -2.48. The molecule has 2 heterocycles. The third kappa shape index (κ3) is 4.55. The molecule has 7 nitrogen and oxygen atoms in total. The maximum absolute atomic E-state index is 12.6. The summed E-state index contributed by atoms with van der Waals surface area (Å²) in [5, 5.41) is 0. The highest BCUT2D eigenvalue weighted by molar-refractivity contribution is 5.99. The van der Waals surface area contributed by atoms with Gasteiger partial charge in [-0.15, -0.1) is 0 Å². The number of nitrogens with zero attached hydrogens (tertiary/aromatic N) is 3. The Balaban J connectivity index is 1.35. The fraction of sp³-hybridized carbons (Fsp3) is 0.375. The summed E-state index contributed by atoms with van der Waals surface area (Å²) in [6, 6.07) is 17.2. The predicted octanol–water partition coefficient (Wildman–Crippen LogP) is 2.57. The minimum Gasteiger partial charge on any atom is -0.466 e. The Hall–Kier alpha value is -3.35. The number of carbonyl (C=O) groups excluding carboxylic acids is 3. The number of esters is 1. The molecule has 2 aromatic rings. The highest BCUT2D eigenvalue weighted by Gasteiger charge is 2.36. The molecule has 0 aliphatic carbocycles. The Bertz CT molecular complexity index is 937. The van der Waals surface area contributed by atoms with E-state index in [1.54, 1.807) is 11.8 Å². The van der Waals surface area contributed by atoms with Crippen LogP contribution in [0.3, 0.4) is 0 Å². The molecule has 2 aliphatic rings. The second kappa shape index (κ2) is 9.20. The largest absolute Gasteiger partial charge is 0.466 e. The molecule has 0 radical (unpaired) electrons. The SMILES string of the molecule is CCOC(=O)C1CC(=O)N(c2ccc(N3CCN(C(=O)c4ccccc4)CC3)cc2)C1. The van der Waals surface area contributed by atoms with Gasteiger partial charge in [-0.25, -0.2) is 0 Å². The quantitative estimate of drug-likeness (QED) is 0.694. The van der Waals surface area contributed by atoms with Gasteiger partial charge in [0, 0.05) is 56.1 Å². The van der Waals surface area contributed by atoms with Crippen LogP contribution in [0.25, 0.3) is 0 Å². The number of ether oxygens (including phenoxy) is 1. The first-order chi connectivity index (χ1) is 15.1. The van der Waals surface area contributed by atoms with Crippen molar-refractivity contribution in [3.05, 3.63) is 60.2 Å². The summed E-state index contributed by atoms with van der Waals surface area (Å²) < 4.78 is 5.06. The van der Waals surface area contributed by atoms with Crippen LogP contribution in [0, 0.1) is 5.92 Å². The number of rotatable bonds is 5. The first kappa shape index (κ1) is 20.9. The number of hydrogen-bond donors (Lipinski definition) is 0. The molecule has 0 bridgehead atoms. The van der Waals surface area contributed by atoms with Crippen molar-refractivity contribution in [2.24, 2.45) is 5.92 Å². The second-order valence-corrected chi connectivity index (χ2v) is 7.82. The van der Waals surface area contributed by atoms with Crippen molar-refractivity contribution in [3.63, 3.8) is 0 Å². The number of hydrogen-bond acceptors (Lipinski definition) is 5. The van der Waals surface area contributed by atoms with Crippen LogP contribution in [0.5, 0.6) is 0 Å². The lowest BCUT2D eigenvalue weighted by molar-refractivity contribution is -0.147. The number of piperazine rings is 1. The van der Waals surface area contributed by atoms with Gasteiger partial charge in [-0.05, 0) is 43.3 Å². The zero-order valence-electron chi connectivity index (χ0n) is 17.7. The maximum Gasteiger partial charge on any atom is 0.311 e. The van der Waals surface area contributed by atoms with Gasteiger partial charge < -0.3 is 19.4 Å². The Morgan fingerprint density at radius 2 is 1.58 bits per heavy atom. The van der Waals surface area contributed by atoms with Crippen LogP contribution in [0.15, 0.2) is 54.6 Å². The summed E-state index contributed by atoms with van der Waals surface area (Å²) in [6.45, 7) is 5.29. The van der Waals surface area contributed by atoms with Crippen molar-refractivity contribution in [2.45, 2.75) is 13.3 Å². The third-order valence-electron chi connectivity index (χ3n) is 5.86. The van der Waals surface area contributed by atoms with E-state index in [2.05, 4.69) is 4.90 Å². The zero-order valence-corrected chi connectivity index (χ0v) is 17.7. The Morgan fingerprint density at radius 1 is 0.935 bits per heavy atom. The zero-order chi connectivity index (χ0) is 21.8. The molecule has 31 heavy (non-hydrogen) atoms. The van der Waals surface area contributed by atoms with Gasteiger partial charge in [-0.2, -0.15) is 0 Å². The highest BCUT2D eigenvalue weighted by atomic mass is 16.5. The van der Waals surface area contributed by atoms with E-state index in [9.17, 15) is 14.4 Å². The van der Waals surface area contributed by atoms with Gasteiger partial charge in [-0.3, -0.25) is 14.4 Å². The molecule has 7 heteroatoms. The highest BCUT2D eigenvalue weighted by Crippen LogP contribution is 2.28. The van der Waals surface area contributed by atoms with E-state index >= 15 is 0 Å². The molecule has 162 valence electrons. The second-order valence-electron chi connectivity index (χ2n) is 7.82. The van der Waals surface area contributed by atoms with Crippen molar-refractivity contribution in [1.29, 1.82) is 0 Å². The van der Waals surface area contributed by atoms with Gasteiger partial charge in [0.2, 0.25) is 5.91 Å². The minimum atomic E-state index is -0.401. The molecular formula is C24H27N3O4. The topological polar surface area (TPSA) is 70.2 Å². The fourth-order valence-corrected chi connectivity index (χ4v) is 4.15. The summed E-state index contributed by atoms with van der Waals surface area (Å²) in [5.41, 5.74) is 2.57. The Labute approximate surface area is 182 Å². The normalized spacial score (nSPS) is 18.9. The van der Waals surface area contributed by atoms with Crippen molar-refractivity contribution in [3.8, 4) is 0 Å². The smallest absolute Gasteiger partial charge is 0.311 e. The maximum atomic E-state index is 12.6. The first-order valence-corrected chi connectivity index (χ1v) is 10.7. The van der Waals surface area contributed by atoms with Crippen LogP contribution < -0.4 is 9.80 Å². The van der Waals surface area contributed by atoms with Gasteiger partial charge in [0.1, 0.15) is 0 Å². The molecule has 0 spiro atoms. The molecule has 2 aliphatic heterocycles. The lowest BCUT2D eigenvalue weighted by atomic mass is 10.1. The molecule has 0 saturated carbocycles. The molecule has 0 aromatic heterocycles. The molecule has 2 aromatic carbocycles. The Kier molecular flexibility index (Phi) is 6.21. The van der Waals surface area contributed by atoms with E-state index in [-0.39, 0.29) is 24.2 Å². The van der Waals surface area contributed by atoms with E-state index in [0.717, 1.165) is 30.0 Å². The van der Waals surface area contributed by atoms with Crippen molar-refractivity contribution >= 4 is 29.2 Å². The average Bonchev–Trinajstić information content (AvgIpc) is 3.21. The number of benzene rings is 2. The van der Waals surface area contributed by atoms with Crippen molar-refractivity contribution < 1.29 is 19.1 Å². The molecular weight excluding hydrogens is 394 g/mol. The molecule has 2 amide bonds. The number of amides is 2. The monoisotopic (exact) mass is 421 g/mol. The average molecular weight is 421 g/mol. The van der Waals surface area contributed by atoms with Crippen molar-refractivity contribution in [1.82, 2.24) is 4.90 Å².